The Morgan fingerprint density at radius 2 is 2.07 bits per heavy atom. The van der Waals surface area contributed by atoms with Crippen molar-refractivity contribution in [2.24, 2.45) is 0 Å². The van der Waals surface area contributed by atoms with Crippen molar-refractivity contribution in [2.75, 3.05) is 0 Å². The summed E-state index contributed by atoms with van der Waals surface area (Å²) in [6, 6.07) is 0. The zero-order chi connectivity index (χ0) is 10.8. The molecule has 0 amide bonds. The van der Waals surface area contributed by atoms with Gasteiger partial charge in [0.05, 0.1) is 5.60 Å². The van der Waals surface area contributed by atoms with Crippen molar-refractivity contribution < 1.29 is 9.15 Å². The maximum absolute atomic E-state index is 5.77. The Bertz CT molecular complexity index is 291. The van der Waals surface area contributed by atoms with Crippen molar-refractivity contribution >= 4 is 11.6 Å². The van der Waals surface area contributed by atoms with Crippen molar-refractivity contribution in [1.82, 2.24) is 10.2 Å². The molecular weight excluding hydrogens is 204 g/mol. The van der Waals surface area contributed by atoms with Crippen molar-refractivity contribution in [3.8, 4) is 0 Å². The van der Waals surface area contributed by atoms with Crippen molar-refractivity contribution in [1.29, 1.82) is 0 Å². The van der Waals surface area contributed by atoms with E-state index in [2.05, 4.69) is 10.2 Å². The number of hydrogen-bond donors (Lipinski definition) is 0. The predicted octanol–water partition coefficient (Wildman–Crippen LogP) is 2.68. The maximum atomic E-state index is 5.77. The molecule has 1 atom stereocenters. The van der Waals surface area contributed by atoms with E-state index in [9.17, 15) is 0 Å². The van der Waals surface area contributed by atoms with Gasteiger partial charge in [-0.1, -0.05) is 0 Å². The number of halogens is 1. The third kappa shape index (κ3) is 3.64. The summed E-state index contributed by atoms with van der Waals surface area (Å²) < 4.78 is 10.7. The Balaban J connectivity index is 2.52. The summed E-state index contributed by atoms with van der Waals surface area (Å²) in [7, 11) is 0. The average Bonchev–Trinajstić information content (AvgIpc) is 2.47. The standard InChI is InChI=1S/C9H15ClN2O2/c1-6(10)8-12-11-7(14-8)5-13-9(2,3)4/h6H,5H2,1-4H3. The van der Waals surface area contributed by atoms with Gasteiger partial charge in [-0.25, -0.2) is 0 Å². The van der Waals surface area contributed by atoms with Gasteiger partial charge < -0.3 is 9.15 Å². The minimum absolute atomic E-state index is 0.207. The first kappa shape index (κ1) is 11.5. The van der Waals surface area contributed by atoms with Crippen molar-refractivity contribution in [2.45, 2.75) is 45.3 Å². The van der Waals surface area contributed by atoms with E-state index in [0.29, 0.717) is 18.4 Å². The smallest absolute Gasteiger partial charge is 0.242 e. The molecule has 14 heavy (non-hydrogen) atoms. The second-order valence-electron chi connectivity index (χ2n) is 4.05. The van der Waals surface area contributed by atoms with Crippen LogP contribution in [0.15, 0.2) is 4.42 Å². The highest BCUT2D eigenvalue weighted by Gasteiger charge is 2.15. The summed E-state index contributed by atoms with van der Waals surface area (Å²) in [5, 5.41) is 7.34. The van der Waals surface area contributed by atoms with Crippen LogP contribution in [-0.4, -0.2) is 15.8 Å². The largest absolute Gasteiger partial charge is 0.421 e. The molecule has 1 heterocycles. The molecule has 1 aromatic heterocycles. The van der Waals surface area contributed by atoms with E-state index in [1.54, 1.807) is 6.92 Å². The monoisotopic (exact) mass is 218 g/mol. The molecule has 0 aromatic carbocycles. The first-order chi connectivity index (χ1) is 6.38. The minimum atomic E-state index is -0.258. The van der Waals surface area contributed by atoms with Crippen LogP contribution in [0.4, 0.5) is 0 Å². The molecule has 0 aliphatic carbocycles. The summed E-state index contributed by atoms with van der Waals surface area (Å²) in [6.45, 7) is 8.00. The molecule has 1 unspecified atom stereocenters. The van der Waals surface area contributed by atoms with Gasteiger partial charge in [0.15, 0.2) is 0 Å². The minimum Gasteiger partial charge on any atom is -0.421 e. The fourth-order valence-corrected chi connectivity index (χ4v) is 0.852. The molecule has 0 bridgehead atoms. The van der Waals surface area contributed by atoms with Gasteiger partial charge in [0.1, 0.15) is 12.0 Å². The number of rotatable bonds is 3. The Morgan fingerprint density at radius 1 is 1.43 bits per heavy atom. The fourth-order valence-electron chi connectivity index (χ4n) is 0.764. The van der Waals surface area contributed by atoms with Crippen LogP contribution in [0.3, 0.4) is 0 Å². The quantitative estimate of drug-likeness (QED) is 0.732. The van der Waals surface area contributed by atoms with E-state index in [-0.39, 0.29) is 11.0 Å². The molecule has 4 nitrogen and oxygen atoms in total. The molecule has 1 rings (SSSR count). The molecular formula is C9H15ClN2O2. The van der Waals surface area contributed by atoms with Crippen LogP contribution >= 0.6 is 11.6 Å². The van der Waals surface area contributed by atoms with E-state index < -0.39 is 0 Å². The lowest BCUT2D eigenvalue weighted by atomic mass is 10.2. The van der Waals surface area contributed by atoms with Crippen molar-refractivity contribution in [3.05, 3.63) is 11.8 Å². The third-order valence-corrected chi connectivity index (χ3v) is 1.64. The van der Waals surface area contributed by atoms with Gasteiger partial charge in [0, 0.05) is 0 Å². The number of hydrogen-bond acceptors (Lipinski definition) is 4. The highest BCUT2D eigenvalue weighted by Crippen LogP contribution is 2.18. The van der Waals surface area contributed by atoms with Crippen LogP contribution < -0.4 is 0 Å². The molecule has 80 valence electrons. The van der Waals surface area contributed by atoms with Crippen LogP contribution in [-0.2, 0) is 11.3 Å². The zero-order valence-corrected chi connectivity index (χ0v) is 9.63. The summed E-state index contributed by atoms with van der Waals surface area (Å²) in [4.78, 5) is 0. The van der Waals surface area contributed by atoms with Crippen LogP contribution in [0.25, 0.3) is 0 Å². The second-order valence-corrected chi connectivity index (χ2v) is 4.71. The van der Waals surface area contributed by atoms with Gasteiger partial charge in [0.2, 0.25) is 11.8 Å². The number of ether oxygens (including phenoxy) is 1. The van der Waals surface area contributed by atoms with Crippen LogP contribution in [0, 0.1) is 0 Å². The molecule has 5 heteroatoms. The average molecular weight is 219 g/mol. The Labute approximate surface area is 88.6 Å². The lowest BCUT2D eigenvalue weighted by Gasteiger charge is -2.17. The van der Waals surface area contributed by atoms with E-state index in [1.807, 2.05) is 20.8 Å². The highest BCUT2D eigenvalue weighted by atomic mass is 35.5. The first-order valence-corrected chi connectivity index (χ1v) is 4.92. The van der Waals surface area contributed by atoms with Crippen LogP contribution in [0.2, 0.25) is 0 Å². The SMILES string of the molecule is CC(Cl)c1nnc(COC(C)(C)C)o1. The summed E-state index contributed by atoms with van der Waals surface area (Å²) in [5.41, 5.74) is -0.207. The zero-order valence-electron chi connectivity index (χ0n) is 8.87. The molecule has 0 radical (unpaired) electrons. The Kier molecular flexibility index (Phi) is 3.50. The maximum Gasteiger partial charge on any atom is 0.242 e. The number of aromatic nitrogens is 2. The molecule has 0 fully saturated rings. The van der Waals surface area contributed by atoms with E-state index >= 15 is 0 Å². The van der Waals surface area contributed by atoms with E-state index in [4.69, 9.17) is 20.8 Å². The molecule has 0 saturated carbocycles. The molecule has 1 aromatic rings. The fraction of sp³-hybridized carbons (Fsp3) is 0.778. The third-order valence-electron chi connectivity index (χ3n) is 1.45. The van der Waals surface area contributed by atoms with E-state index in [0.717, 1.165) is 0 Å². The van der Waals surface area contributed by atoms with Crippen LogP contribution in [0.5, 0.6) is 0 Å². The second kappa shape index (κ2) is 4.28. The lowest BCUT2D eigenvalue weighted by molar-refractivity contribution is -0.0247. The van der Waals surface area contributed by atoms with Crippen molar-refractivity contribution in [3.63, 3.8) is 0 Å². The number of alkyl halides is 1. The Morgan fingerprint density at radius 3 is 2.50 bits per heavy atom. The first-order valence-electron chi connectivity index (χ1n) is 4.49. The summed E-state index contributed by atoms with van der Waals surface area (Å²) in [5.74, 6) is 0.890. The van der Waals surface area contributed by atoms with Gasteiger partial charge in [-0.2, -0.15) is 0 Å². The molecule has 0 saturated heterocycles. The van der Waals surface area contributed by atoms with Crippen LogP contribution in [0.1, 0.15) is 44.9 Å². The van der Waals surface area contributed by atoms with Gasteiger partial charge in [-0.05, 0) is 27.7 Å². The Hall–Kier alpha value is -0.610. The molecule has 0 aliphatic heterocycles. The normalized spacial score (nSPS) is 14.4. The lowest BCUT2D eigenvalue weighted by Crippen LogP contribution is -2.18. The molecule has 0 N–H and O–H groups in total. The van der Waals surface area contributed by atoms with Gasteiger partial charge in [0.25, 0.3) is 0 Å². The summed E-state index contributed by atoms with van der Waals surface area (Å²) >= 11 is 5.77. The number of nitrogens with zero attached hydrogens (tertiary/aromatic N) is 2. The highest BCUT2D eigenvalue weighted by molar-refractivity contribution is 6.20. The van der Waals surface area contributed by atoms with Gasteiger partial charge >= 0.3 is 0 Å². The molecule has 0 aliphatic rings. The topological polar surface area (TPSA) is 48.2 Å². The van der Waals surface area contributed by atoms with Gasteiger partial charge in [-0.15, -0.1) is 21.8 Å². The predicted molar refractivity (Wildman–Crippen MR) is 53.1 cm³/mol. The van der Waals surface area contributed by atoms with Gasteiger partial charge in [-0.3, -0.25) is 0 Å². The molecule has 0 spiro atoms. The summed E-state index contributed by atoms with van der Waals surface area (Å²) in [6.07, 6.45) is 0. The van der Waals surface area contributed by atoms with E-state index in [1.165, 1.54) is 0 Å².